The van der Waals surface area contributed by atoms with Crippen LogP contribution in [0.15, 0.2) is 60.9 Å². The second-order valence-corrected chi connectivity index (χ2v) is 28.2. The van der Waals surface area contributed by atoms with E-state index >= 15 is 0 Å². The number of benzene rings is 2. The van der Waals surface area contributed by atoms with Gasteiger partial charge in [0.15, 0.2) is 5.40 Å². The SMILES string of the molecule is CCN(CC)CCCC(C)N(C(=O)SCCCC(P(=O)(O)O)P(=O)(O)OCN(CC)CCCC(C)N(C(=O)SCCNC(P(=O)(O)O)P(=O)(O)O)c1ccnc2cc(Cl)ccc12)c1ccnc2cc(Cl)ccc12. The van der Waals surface area contributed by atoms with Gasteiger partial charge in [0.2, 0.25) is 5.52 Å². The lowest BCUT2D eigenvalue weighted by atomic mass is 10.1. The van der Waals surface area contributed by atoms with Gasteiger partial charge in [0, 0.05) is 69.9 Å². The lowest BCUT2D eigenvalue weighted by Crippen LogP contribution is -2.38. The summed E-state index contributed by atoms with van der Waals surface area (Å²) in [4.78, 5) is 114. The van der Waals surface area contributed by atoms with E-state index in [1.165, 1.54) is 11.1 Å². The highest BCUT2D eigenvalue weighted by atomic mass is 35.5. The van der Waals surface area contributed by atoms with Gasteiger partial charge in [0.1, 0.15) is 6.73 Å². The fourth-order valence-corrected chi connectivity index (χ4v) is 15.7. The van der Waals surface area contributed by atoms with Gasteiger partial charge in [-0.3, -0.25) is 62.4 Å². The summed E-state index contributed by atoms with van der Waals surface area (Å²) in [5.74, 6) is -0.0459. The van der Waals surface area contributed by atoms with Gasteiger partial charge >= 0.3 is 30.4 Å². The highest BCUT2D eigenvalue weighted by Gasteiger charge is 2.45. The van der Waals surface area contributed by atoms with Crippen molar-refractivity contribution in [2.45, 2.75) is 96.2 Å². The van der Waals surface area contributed by atoms with E-state index < -0.39 is 65.7 Å². The molecule has 0 bridgehead atoms. The molecule has 4 atom stereocenters. The molecule has 21 nitrogen and oxygen atoms in total. The van der Waals surface area contributed by atoms with Crippen molar-refractivity contribution in [1.29, 1.82) is 0 Å². The third kappa shape index (κ3) is 19.1. The van der Waals surface area contributed by atoms with Gasteiger partial charge in [0.05, 0.1) is 22.4 Å². The number of anilines is 2. The van der Waals surface area contributed by atoms with Crippen molar-refractivity contribution < 1.29 is 66.6 Å². The van der Waals surface area contributed by atoms with Crippen LogP contribution in [0.25, 0.3) is 21.8 Å². The first-order chi connectivity index (χ1) is 34.2. The molecule has 408 valence electrons. The van der Waals surface area contributed by atoms with E-state index in [-0.39, 0.29) is 42.3 Å². The van der Waals surface area contributed by atoms with Crippen molar-refractivity contribution in [2.75, 3.05) is 67.3 Å². The second-order valence-electron chi connectivity index (χ2n) is 17.2. The Morgan fingerprint density at radius 3 is 1.53 bits per heavy atom. The number of nitrogens with one attached hydrogen (secondary N) is 1. The molecule has 0 aliphatic carbocycles. The Morgan fingerprint density at radius 1 is 0.644 bits per heavy atom. The van der Waals surface area contributed by atoms with E-state index in [1.54, 1.807) is 78.4 Å². The lowest BCUT2D eigenvalue weighted by Gasteiger charge is -2.31. The minimum Gasteiger partial charge on any atom is -0.324 e. The molecule has 0 fully saturated rings. The van der Waals surface area contributed by atoms with E-state index in [9.17, 15) is 62.1 Å². The fraction of sp³-hybridized carbons (Fsp3) is 0.545. The normalized spacial score (nSPS) is 14.8. The summed E-state index contributed by atoms with van der Waals surface area (Å²) >= 11 is 14.2. The van der Waals surface area contributed by atoms with Gasteiger partial charge in [-0.1, -0.05) is 67.5 Å². The van der Waals surface area contributed by atoms with Crippen LogP contribution in [0.3, 0.4) is 0 Å². The molecule has 0 spiro atoms. The van der Waals surface area contributed by atoms with Gasteiger partial charge in [-0.2, -0.15) is 0 Å². The quantitative estimate of drug-likeness (QED) is 0.0137. The van der Waals surface area contributed by atoms with Crippen LogP contribution in [0.4, 0.5) is 21.0 Å². The monoisotopic (exact) mass is 1180 g/mol. The van der Waals surface area contributed by atoms with Crippen LogP contribution in [0.2, 0.25) is 10.0 Å². The summed E-state index contributed by atoms with van der Waals surface area (Å²) in [6.07, 6.45) is 4.96. The number of hydrogen-bond acceptors (Lipinski definition) is 14. The Labute approximate surface area is 444 Å². The topological polar surface area (TPSA) is 304 Å². The zero-order valence-electron chi connectivity index (χ0n) is 41.2. The Bertz CT molecular complexity index is 2650. The number of nitrogens with zero attached hydrogens (tertiary/aromatic N) is 6. The largest absolute Gasteiger partial charge is 0.354 e. The summed E-state index contributed by atoms with van der Waals surface area (Å²) in [7, 11) is -20.7. The van der Waals surface area contributed by atoms with Crippen molar-refractivity contribution in [3.63, 3.8) is 0 Å². The third-order valence-electron chi connectivity index (χ3n) is 12.0. The summed E-state index contributed by atoms with van der Waals surface area (Å²) in [5.41, 5.74) is -0.247. The Balaban J connectivity index is 1.40. The molecule has 29 heteroatoms. The number of fused-ring (bicyclic) bond motifs is 2. The van der Waals surface area contributed by atoms with Crippen molar-refractivity contribution in [3.05, 3.63) is 71.0 Å². The van der Waals surface area contributed by atoms with E-state index in [0.29, 0.717) is 63.6 Å². The van der Waals surface area contributed by atoms with Crippen molar-refractivity contribution >= 4 is 121 Å². The van der Waals surface area contributed by atoms with Crippen LogP contribution >= 0.6 is 77.1 Å². The number of hydrogen-bond donors (Lipinski definition) is 8. The Hall–Kier alpha value is -2.04. The number of thioether (sulfide) groups is 2. The highest BCUT2D eigenvalue weighted by Crippen LogP contribution is 2.64. The molecule has 2 aromatic heterocycles. The van der Waals surface area contributed by atoms with Crippen LogP contribution in [0.1, 0.15) is 73.1 Å². The molecule has 0 radical (unpaired) electrons. The molecule has 2 amide bonds. The maximum Gasteiger partial charge on any atom is 0.354 e. The minimum atomic E-state index is -5.25. The molecule has 0 aliphatic heterocycles. The molecule has 2 aromatic carbocycles. The molecule has 0 aliphatic rings. The van der Waals surface area contributed by atoms with Crippen LogP contribution in [0, 0.1) is 0 Å². The van der Waals surface area contributed by atoms with Crippen molar-refractivity contribution in [2.24, 2.45) is 0 Å². The van der Waals surface area contributed by atoms with E-state index in [1.807, 2.05) is 6.92 Å². The van der Waals surface area contributed by atoms with Gasteiger partial charge in [0.25, 0.3) is 10.5 Å². The molecule has 73 heavy (non-hydrogen) atoms. The average Bonchev–Trinajstić information content (AvgIpc) is 3.30. The first-order valence-corrected chi connectivity index (χ1v) is 33.0. The standard InChI is InChI=1S/C44H67Cl2N7O14P4S2/c1-6-50(7-2)24-9-12-31(4)52(39-19-21-47-37-28-33(45)15-17-35(37)39)43(54)72-26-11-14-41(68(56,57)58)71(65,66)67-30-51(8-3)25-10-13-32(5)53(40-20-22-48-38-29-34(46)16-18-36(38)40)44(55)73-27-23-49-42(69(59,60)61)70(62,63)64/h15-22,28-29,31-32,41-42,49H,6-14,23-27,30H2,1-5H3,(H,65,66)(H2,56,57,58)(H2,59,60,61)(H2,62,63,64). The maximum absolute atomic E-state index is 14.1. The zero-order valence-corrected chi connectivity index (χ0v) is 47.9. The van der Waals surface area contributed by atoms with Crippen molar-refractivity contribution in [1.82, 2.24) is 25.1 Å². The number of pyridine rings is 2. The number of amides is 2. The number of carbonyl (C=O) groups excluding carboxylic acids is 2. The first kappa shape index (κ1) is 63.5. The maximum atomic E-state index is 14.1. The van der Waals surface area contributed by atoms with E-state index in [0.717, 1.165) is 55.0 Å². The van der Waals surface area contributed by atoms with Crippen LogP contribution in [-0.4, -0.2) is 145 Å². The fourth-order valence-electron chi connectivity index (χ4n) is 8.09. The van der Waals surface area contributed by atoms with Gasteiger partial charge in [-0.05, 0) is 127 Å². The van der Waals surface area contributed by atoms with E-state index in [4.69, 9.17) is 27.7 Å². The number of carbonyl (C=O) groups is 2. The molecule has 2 heterocycles. The van der Waals surface area contributed by atoms with Crippen LogP contribution in [-0.2, 0) is 22.8 Å². The summed E-state index contributed by atoms with van der Waals surface area (Å²) < 4.78 is 55.4. The lowest BCUT2D eigenvalue weighted by molar-refractivity contribution is 0.114. The predicted octanol–water partition coefficient (Wildman–Crippen LogP) is 9.78. The average molecular weight is 1180 g/mol. The summed E-state index contributed by atoms with van der Waals surface area (Å²) in [6, 6.07) is 12.8. The van der Waals surface area contributed by atoms with Gasteiger partial charge in [-0.25, -0.2) is 0 Å². The number of aromatic nitrogens is 2. The third-order valence-corrected chi connectivity index (χ3v) is 22.0. The highest BCUT2D eigenvalue weighted by molar-refractivity contribution is 8.14. The number of halogens is 2. The first-order valence-electron chi connectivity index (χ1n) is 23.5. The Morgan fingerprint density at radius 2 is 1.10 bits per heavy atom. The molecule has 8 N–H and O–H groups in total. The second kappa shape index (κ2) is 29.1. The smallest absolute Gasteiger partial charge is 0.324 e. The number of rotatable bonds is 30. The minimum absolute atomic E-state index is 0.00249. The predicted molar refractivity (Wildman–Crippen MR) is 293 cm³/mol. The summed E-state index contributed by atoms with van der Waals surface area (Å²) in [6.45, 7) is 12.1. The van der Waals surface area contributed by atoms with Crippen LogP contribution < -0.4 is 15.1 Å². The van der Waals surface area contributed by atoms with Gasteiger partial charge < -0.3 is 39.2 Å². The molecule has 0 saturated carbocycles. The molecule has 4 rings (SSSR count). The Kier molecular flexibility index (Phi) is 25.3. The molecule has 0 saturated heterocycles. The molecule has 4 aromatic rings. The summed E-state index contributed by atoms with van der Waals surface area (Å²) in [5, 5.41) is 1.52. The molecular formula is C44H67Cl2N7O14P4S2. The molecule has 4 unspecified atom stereocenters. The van der Waals surface area contributed by atoms with Crippen molar-refractivity contribution in [3.8, 4) is 0 Å². The van der Waals surface area contributed by atoms with E-state index in [2.05, 4.69) is 34.0 Å². The zero-order chi connectivity index (χ0) is 54.3. The van der Waals surface area contributed by atoms with Crippen LogP contribution in [0.5, 0.6) is 0 Å². The van der Waals surface area contributed by atoms with Gasteiger partial charge in [-0.15, -0.1) is 0 Å². The molecular weight excluding hydrogens is 1110 g/mol.